The Morgan fingerprint density at radius 3 is 1.06 bits per heavy atom. The fourth-order valence-electron chi connectivity index (χ4n) is 10.0. The number of rotatable bonds is 8. The summed E-state index contributed by atoms with van der Waals surface area (Å²) in [5.41, 5.74) is 17.9. The molecule has 0 saturated carbocycles. The maximum absolute atomic E-state index is 6.72. The summed E-state index contributed by atoms with van der Waals surface area (Å²) in [4.78, 5) is 4.80. The van der Waals surface area contributed by atoms with Crippen molar-refractivity contribution in [2.45, 2.75) is 67.2 Å². The second-order valence-corrected chi connectivity index (χ2v) is 18.4. The van der Waals surface area contributed by atoms with Crippen molar-refractivity contribution < 1.29 is 8.83 Å². The van der Waals surface area contributed by atoms with Crippen LogP contribution < -0.4 is 9.80 Å². The molecule has 2 heterocycles. The van der Waals surface area contributed by atoms with E-state index in [1.54, 1.807) is 0 Å². The molecule has 0 atom stereocenters. The summed E-state index contributed by atoms with van der Waals surface area (Å²) in [6.45, 7) is 17.8. The van der Waals surface area contributed by atoms with E-state index in [-0.39, 0.29) is 0 Å². The van der Waals surface area contributed by atoms with E-state index in [2.05, 4.69) is 223 Å². The highest BCUT2D eigenvalue weighted by atomic mass is 16.3. The molecule has 0 fully saturated rings. The molecule has 0 spiro atoms. The number of aryl methyl sites for hydroxylation is 4. The topological polar surface area (TPSA) is 32.8 Å². The number of para-hydroxylation sites is 2. The van der Waals surface area contributed by atoms with Gasteiger partial charge in [0, 0.05) is 44.3 Å². The summed E-state index contributed by atoms with van der Waals surface area (Å²) in [5, 5.41) is 8.91. The van der Waals surface area contributed by atoms with E-state index in [0.29, 0.717) is 11.8 Å². The first kappa shape index (κ1) is 39.5. The molecule has 0 saturated heterocycles. The van der Waals surface area contributed by atoms with E-state index in [1.807, 2.05) is 0 Å². The second-order valence-electron chi connectivity index (χ2n) is 18.4. The van der Waals surface area contributed by atoms with Gasteiger partial charge in [-0.2, -0.15) is 0 Å². The highest BCUT2D eigenvalue weighted by Crippen LogP contribution is 2.46. The van der Waals surface area contributed by atoms with Crippen LogP contribution in [0.3, 0.4) is 0 Å². The quantitative estimate of drug-likeness (QED) is 0.153. The summed E-state index contributed by atoms with van der Waals surface area (Å²) in [6.07, 6.45) is 0. The molecule has 0 aliphatic carbocycles. The summed E-state index contributed by atoms with van der Waals surface area (Å²) < 4.78 is 13.4. The van der Waals surface area contributed by atoms with E-state index < -0.39 is 0 Å². The van der Waals surface area contributed by atoms with Crippen molar-refractivity contribution in [3.05, 3.63) is 191 Å². The first-order chi connectivity index (χ1) is 31.0. The average molecular weight is 833 g/mol. The molecular weight excluding hydrogens is 781 g/mol. The minimum Gasteiger partial charge on any atom is -0.456 e. The normalized spacial score (nSPS) is 12.0. The lowest BCUT2D eigenvalue weighted by atomic mass is 9.99. The third kappa shape index (κ3) is 6.51. The molecule has 4 nitrogen and oxygen atoms in total. The van der Waals surface area contributed by atoms with Gasteiger partial charge in [-0.15, -0.1) is 0 Å². The van der Waals surface area contributed by atoms with Crippen molar-refractivity contribution in [3.63, 3.8) is 0 Å². The number of benzene rings is 9. The molecule has 0 aliphatic rings. The van der Waals surface area contributed by atoms with Crippen LogP contribution in [0.25, 0.3) is 65.4 Å². The van der Waals surface area contributed by atoms with Gasteiger partial charge in [0.05, 0.1) is 11.4 Å². The minimum atomic E-state index is 0.465. The van der Waals surface area contributed by atoms with E-state index in [0.717, 1.165) is 88.2 Å². The summed E-state index contributed by atoms with van der Waals surface area (Å²) in [5.74, 6) is 0.931. The van der Waals surface area contributed by atoms with Crippen molar-refractivity contribution in [2.24, 2.45) is 0 Å². The summed E-state index contributed by atoms with van der Waals surface area (Å²) in [7, 11) is 0. The standard InChI is InChI=1S/C60H52N2O2/c1-35(2)41-15-21-47(22-16-41)61(59-37(5)11-9-12-38(59)6)49-25-19-43-31-51-55(33-45(43)29-49)63-53-27-28-54-58(57(51)53)52-32-44-20-26-50(30-46(44)34-56(52)64-54)62(60-39(7)13-10-14-40(60)8)48-23-17-42(18-24-48)36(3)4/h9-36H,1-8H3. The first-order valence-electron chi connectivity index (χ1n) is 22.6. The largest absolute Gasteiger partial charge is 0.456 e. The van der Waals surface area contributed by atoms with Gasteiger partial charge in [-0.05, 0) is 179 Å². The van der Waals surface area contributed by atoms with Crippen molar-refractivity contribution in [2.75, 3.05) is 9.80 Å². The van der Waals surface area contributed by atoms with Gasteiger partial charge in [0.2, 0.25) is 0 Å². The van der Waals surface area contributed by atoms with Gasteiger partial charge in [-0.25, -0.2) is 0 Å². The molecule has 314 valence electrons. The Morgan fingerprint density at radius 2 is 0.703 bits per heavy atom. The molecule has 0 N–H and O–H groups in total. The number of hydrogen-bond acceptors (Lipinski definition) is 4. The molecule has 2 aromatic heterocycles. The van der Waals surface area contributed by atoms with Gasteiger partial charge >= 0.3 is 0 Å². The van der Waals surface area contributed by atoms with Crippen LogP contribution in [0.4, 0.5) is 34.1 Å². The Balaban J connectivity index is 1.04. The smallest absolute Gasteiger partial charge is 0.136 e. The van der Waals surface area contributed by atoms with Gasteiger partial charge in [0.25, 0.3) is 0 Å². The van der Waals surface area contributed by atoms with Crippen molar-refractivity contribution in [1.29, 1.82) is 0 Å². The zero-order chi connectivity index (χ0) is 44.0. The van der Waals surface area contributed by atoms with Gasteiger partial charge in [-0.3, -0.25) is 0 Å². The molecule has 64 heavy (non-hydrogen) atoms. The van der Waals surface area contributed by atoms with E-state index in [9.17, 15) is 0 Å². The van der Waals surface area contributed by atoms with Crippen LogP contribution in [0.1, 0.15) is 72.9 Å². The number of nitrogens with zero attached hydrogens (tertiary/aromatic N) is 2. The Labute approximate surface area is 375 Å². The molecule has 0 unspecified atom stereocenters. The first-order valence-corrected chi connectivity index (χ1v) is 22.6. The lowest BCUT2D eigenvalue weighted by Crippen LogP contribution is -2.13. The number of hydrogen-bond donors (Lipinski definition) is 0. The average Bonchev–Trinajstić information content (AvgIpc) is 3.84. The molecule has 9 aromatic carbocycles. The van der Waals surface area contributed by atoms with Crippen molar-refractivity contribution in [1.82, 2.24) is 0 Å². The molecule has 0 radical (unpaired) electrons. The Hall–Kier alpha value is -7.30. The van der Waals surface area contributed by atoms with Crippen molar-refractivity contribution in [3.8, 4) is 0 Å². The number of fused-ring (bicyclic) bond motifs is 9. The van der Waals surface area contributed by atoms with Crippen molar-refractivity contribution >= 4 is 99.5 Å². The van der Waals surface area contributed by atoms with Crippen LogP contribution >= 0.6 is 0 Å². The maximum atomic E-state index is 6.72. The molecular formula is C60H52N2O2. The van der Waals surface area contributed by atoms with Gasteiger partial charge in [0.1, 0.15) is 22.3 Å². The fraction of sp³-hybridized carbons (Fsp3) is 0.167. The van der Waals surface area contributed by atoms with Crippen LogP contribution in [-0.4, -0.2) is 0 Å². The monoisotopic (exact) mass is 832 g/mol. The molecule has 4 heteroatoms. The summed E-state index contributed by atoms with van der Waals surface area (Å²) in [6, 6.07) is 57.9. The zero-order valence-corrected chi connectivity index (χ0v) is 37.9. The van der Waals surface area contributed by atoms with Crippen LogP contribution in [0.2, 0.25) is 0 Å². The fourth-order valence-corrected chi connectivity index (χ4v) is 10.0. The Kier molecular flexibility index (Phi) is 9.39. The zero-order valence-electron chi connectivity index (χ0n) is 37.9. The lowest BCUT2D eigenvalue weighted by Gasteiger charge is -2.29. The van der Waals surface area contributed by atoms with Gasteiger partial charge < -0.3 is 18.6 Å². The van der Waals surface area contributed by atoms with Crippen LogP contribution in [0.15, 0.2) is 167 Å². The highest BCUT2D eigenvalue weighted by Gasteiger charge is 2.22. The predicted molar refractivity (Wildman–Crippen MR) is 273 cm³/mol. The Bertz CT molecular complexity index is 3330. The lowest BCUT2D eigenvalue weighted by molar-refractivity contribution is 0.663. The number of anilines is 6. The van der Waals surface area contributed by atoms with Crippen LogP contribution in [0.5, 0.6) is 0 Å². The highest BCUT2D eigenvalue weighted by molar-refractivity contribution is 6.28. The van der Waals surface area contributed by atoms with E-state index >= 15 is 0 Å². The predicted octanol–water partition coefficient (Wildman–Crippen LogP) is 18.2. The van der Waals surface area contributed by atoms with Crippen LogP contribution in [-0.2, 0) is 0 Å². The molecule has 11 rings (SSSR count). The van der Waals surface area contributed by atoms with E-state index in [4.69, 9.17) is 8.83 Å². The molecule has 0 aliphatic heterocycles. The maximum Gasteiger partial charge on any atom is 0.136 e. The van der Waals surface area contributed by atoms with Gasteiger partial charge in [0.15, 0.2) is 0 Å². The third-order valence-corrected chi connectivity index (χ3v) is 13.4. The van der Waals surface area contributed by atoms with Crippen LogP contribution in [0, 0.1) is 27.7 Å². The number of furan rings is 2. The molecule has 11 aromatic rings. The SMILES string of the molecule is Cc1cccc(C)c1N(c1ccc(C(C)C)cc1)c1ccc2cc3c(cc2c1)oc1ccc2oc4cc5cc(N(c6ccc(C(C)C)cc6)c6c(C)cccc6C)ccc5cc4c2c13. The van der Waals surface area contributed by atoms with Gasteiger partial charge in [-0.1, -0.05) is 100 Å². The molecule has 0 amide bonds. The van der Waals surface area contributed by atoms with E-state index in [1.165, 1.54) is 44.8 Å². The summed E-state index contributed by atoms with van der Waals surface area (Å²) >= 11 is 0. The Morgan fingerprint density at radius 1 is 0.344 bits per heavy atom. The molecule has 0 bridgehead atoms. The second kappa shape index (κ2) is 15.2. The minimum absolute atomic E-state index is 0.465. The third-order valence-electron chi connectivity index (χ3n) is 13.4.